The molecule has 0 bridgehead atoms. The summed E-state index contributed by atoms with van der Waals surface area (Å²) in [6, 6.07) is 8.51. The third-order valence-electron chi connectivity index (χ3n) is 3.25. The number of ether oxygens (including phenoxy) is 4. The van der Waals surface area contributed by atoms with Crippen LogP contribution in [0.4, 0.5) is 0 Å². The van der Waals surface area contributed by atoms with Gasteiger partial charge < -0.3 is 18.9 Å². The van der Waals surface area contributed by atoms with E-state index in [4.69, 9.17) is 30.5 Å². The molecule has 5 nitrogen and oxygen atoms in total. The van der Waals surface area contributed by atoms with Gasteiger partial charge in [-0.1, -0.05) is 11.6 Å². The molecular formula is C16H12BrClO5. The Labute approximate surface area is 146 Å². The zero-order valence-electron chi connectivity index (χ0n) is 12.1. The van der Waals surface area contributed by atoms with Crippen LogP contribution in [0, 0.1) is 0 Å². The number of carbonyl (C=O) groups excluding carboxylic acids is 1. The Morgan fingerprint density at radius 2 is 2.13 bits per heavy atom. The summed E-state index contributed by atoms with van der Waals surface area (Å²) in [7, 11) is 1.53. The molecule has 0 saturated carbocycles. The van der Waals surface area contributed by atoms with E-state index in [0.29, 0.717) is 37.9 Å². The van der Waals surface area contributed by atoms with Gasteiger partial charge in [0.1, 0.15) is 12.4 Å². The number of carbonyl (C=O) groups is 1. The van der Waals surface area contributed by atoms with Crippen LogP contribution in [-0.4, -0.2) is 19.9 Å². The quantitative estimate of drug-likeness (QED) is 0.721. The van der Waals surface area contributed by atoms with Gasteiger partial charge in [0, 0.05) is 4.47 Å². The van der Waals surface area contributed by atoms with Crippen molar-refractivity contribution in [3.8, 4) is 17.2 Å². The Hall–Kier alpha value is -1.92. The predicted octanol–water partition coefficient (Wildman–Crippen LogP) is 4.20. The van der Waals surface area contributed by atoms with Crippen LogP contribution in [0.15, 0.2) is 34.8 Å². The number of hydrogen-bond donors (Lipinski definition) is 0. The Bertz CT molecular complexity index is 762. The van der Waals surface area contributed by atoms with E-state index in [9.17, 15) is 4.79 Å². The lowest BCUT2D eigenvalue weighted by molar-refractivity contribution is 0.0471. The van der Waals surface area contributed by atoms with Gasteiger partial charge in [0.25, 0.3) is 0 Å². The second-order valence-corrected chi connectivity index (χ2v) is 5.99. The first-order valence-corrected chi connectivity index (χ1v) is 7.84. The molecule has 2 aromatic carbocycles. The fourth-order valence-electron chi connectivity index (χ4n) is 2.12. The molecule has 7 heteroatoms. The molecule has 0 fully saturated rings. The molecule has 1 aliphatic rings. The Balaban J connectivity index is 1.74. The second-order valence-electron chi connectivity index (χ2n) is 4.73. The minimum Gasteiger partial charge on any atom is -0.497 e. The minimum atomic E-state index is -0.468. The summed E-state index contributed by atoms with van der Waals surface area (Å²) in [4.78, 5) is 12.2. The summed E-state index contributed by atoms with van der Waals surface area (Å²) in [6.07, 6.45) is 0. The molecule has 0 aromatic heterocycles. The SMILES string of the molecule is COc1ccc(Br)c(C(=O)OCc2cc(Cl)c3c(c2)OCO3)c1. The van der Waals surface area contributed by atoms with Gasteiger partial charge >= 0.3 is 5.97 Å². The Kier molecular flexibility index (Phi) is 4.63. The maximum atomic E-state index is 12.2. The Morgan fingerprint density at radius 3 is 2.91 bits per heavy atom. The van der Waals surface area contributed by atoms with Crippen molar-refractivity contribution < 1.29 is 23.7 Å². The summed E-state index contributed by atoms with van der Waals surface area (Å²) in [5.41, 5.74) is 1.10. The van der Waals surface area contributed by atoms with Gasteiger partial charge in [-0.15, -0.1) is 0 Å². The van der Waals surface area contributed by atoms with Crippen LogP contribution in [0.5, 0.6) is 17.2 Å². The average molecular weight is 400 g/mol. The van der Waals surface area contributed by atoms with Crippen molar-refractivity contribution in [3.05, 3.63) is 51.0 Å². The van der Waals surface area contributed by atoms with E-state index >= 15 is 0 Å². The molecule has 1 heterocycles. The molecule has 0 N–H and O–H groups in total. The molecule has 0 spiro atoms. The van der Waals surface area contributed by atoms with Crippen molar-refractivity contribution >= 4 is 33.5 Å². The normalized spacial score (nSPS) is 12.1. The van der Waals surface area contributed by atoms with E-state index in [1.165, 1.54) is 7.11 Å². The molecule has 2 aromatic rings. The number of methoxy groups -OCH3 is 1. The van der Waals surface area contributed by atoms with Crippen molar-refractivity contribution in [3.63, 3.8) is 0 Å². The van der Waals surface area contributed by atoms with Crippen molar-refractivity contribution in [2.45, 2.75) is 6.61 Å². The van der Waals surface area contributed by atoms with Crippen LogP contribution in [0.3, 0.4) is 0 Å². The van der Waals surface area contributed by atoms with E-state index in [-0.39, 0.29) is 13.4 Å². The highest BCUT2D eigenvalue weighted by molar-refractivity contribution is 9.10. The fourth-order valence-corrected chi connectivity index (χ4v) is 2.81. The summed E-state index contributed by atoms with van der Waals surface area (Å²) in [5, 5.41) is 0.425. The molecule has 3 rings (SSSR count). The van der Waals surface area contributed by atoms with E-state index in [0.717, 1.165) is 0 Å². The van der Waals surface area contributed by atoms with Gasteiger partial charge in [-0.3, -0.25) is 0 Å². The van der Waals surface area contributed by atoms with Crippen molar-refractivity contribution in [1.82, 2.24) is 0 Å². The van der Waals surface area contributed by atoms with Crippen molar-refractivity contribution in [2.24, 2.45) is 0 Å². The molecule has 0 radical (unpaired) electrons. The van der Waals surface area contributed by atoms with Crippen LogP contribution in [-0.2, 0) is 11.3 Å². The highest BCUT2D eigenvalue weighted by Gasteiger charge is 2.19. The first-order chi connectivity index (χ1) is 11.1. The fraction of sp³-hybridized carbons (Fsp3) is 0.188. The van der Waals surface area contributed by atoms with E-state index < -0.39 is 5.97 Å². The predicted molar refractivity (Wildman–Crippen MR) is 87.4 cm³/mol. The van der Waals surface area contributed by atoms with Crippen LogP contribution in [0.2, 0.25) is 5.02 Å². The smallest absolute Gasteiger partial charge is 0.339 e. The molecule has 0 unspecified atom stereocenters. The van der Waals surface area contributed by atoms with E-state index in [2.05, 4.69) is 15.9 Å². The molecule has 120 valence electrons. The molecular weight excluding hydrogens is 388 g/mol. The third kappa shape index (κ3) is 3.38. The van der Waals surface area contributed by atoms with Gasteiger partial charge in [-0.2, -0.15) is 0 Å². The largest absolute Gasteiger partial charge is 0.497 e. The zero-order chi connectivity index (χ0) is 16.4. The lowest BCUT2D eigenvalue weighted by atomic mass is 10.2. The van der Waals surface area contributed by atoms with Gasteiger partial charge in [0.15, 0.2) is 11.5 Å². The van der Waals surface area contributed by atoms with Crippen molar-refractivity contribution in [2.75, 3.05) is 13.9 Å². The monoisotopic (exact) mass is 398 g/mol. The molecule has 0 amide bonds. The number of benzene rings is 2. The summed E-state index contributed by atoms with van der Waals surface area (Å²) in [6.45, 7) is 0.202. The topological polar surface area (TPSA) is 54.0 Å². The average Bonchev–Trinajstić information content (AvgIpc) is 3.02. The molecule has 1 aliphatic heterocycles. The van der Waals surface area contributed by atoms with Gasteiger partial charge in [0.2, 0.25) is 6.79 Å². The standard InChI is InChI=1S/C16H12BrClO5/c1-20-10-2-3-12(17)11(6-10)16(19)21-7-9-4-13(18)15-14(5-9)22-8-23-15/h2-6H,7-8H2,1H3. The van der Waals surface area contributed by atoms with E-state index in [1.54, 1.807) is 30.3 Å². The lowest BCUT2D eigenvalue weighted by Gasteiger charge is -2.09. The van der Waals surface area contributed by atoms with Crippen LogP contribution in [0.1, 0.15) is 15.9 Å². The van der Waals surface area contributed by atoms with Crippen molar-refractivity contribution in [1.29, 1.82) is 0 Å². The summed E-state index contributed by atoms with van der Waals surface area (Å²) in [5.74, 6) is 1.17. The van der Waals surface area contributed by atoms with Crippen LogP contribution >= 0.6 is 27.5 Å². The van der Waals surface area contributed by atoms with Crippen LogP contribution < -0.4 is 14.2 Å². The molecule has 0 aliphatic carbocycles. The number of fused-ring (bicyclic) bond motifs is 1. The van der Waals surface area contributed by atoms with Gasteiger partial charge in [-0.25, -0.2) is 4.79 Å². The first kappa shape index (κ1) is 16.0. The number of rotatable bonds is 4. The lowest BCUT2D eigenvalue weighted by Crippen LogP contribution is -2.06. The highest BCUT2D eigenvalue weighted by atomic mass is 79.9. The van der Waals surface area contributed by atoms with E-state index in [1.807, 2.05) is 0 Å². The highest BCUT2D eigenvalue weighted by Crippen LogP contribution is 2.40. The first-order valence-electron chi connectivity index (χ1n) is 6.67. The zero-order valence-corrected chi connectivity index (χ0v) is 14.4. The van der Waals surface area contributed by atoms with Gasteiger partial charge in [-0.05, 0) is 51.8 Å². The maximum Gasteiger partial charge on any atom is 0.339 e. The summed E-state index contributed by atoms with van der Waals surface area (Å²) < 4.78 is 21.6. The minimum absolute atomic E-state index is 0.0683. The third-order valence-corrected chi connectivity index (χ3v) is 4.22. The number of esters is 1. The number of hydrogen-bond acceptors (Lipinski definition) is 5. The maximum absolute atomic E-state index is 12.2. The molecule has 23 heavy (non-hydrogen) atoms. The number of halogens is 2. The Morgan fingerprint density at radius 1 is 1.30 bits per heavy atom. The van der Waals surface area contributed by atoms with Gasteiger partial charge in [0.05, 0.1) is 17.7 Å². The molecule has 0 saturated heterocycles. The molecule has 0 atom stereocenters. The summed E-state index contributed by atoms with van der Waals surface area (Å²) >= 11 is 9.43. The second kappa shape index (κ2) is 6.68. The van der Waals surface area contributed by atoms with Crippen LogP contribution in [0.25, 0.3) is 0 Å².